The van der Waals surface area contributed by atoms with E-state index in [9.17, 15) is 0 Å². The van der Waals surface area contributed by atoms with E-state index in [1.165, 1.54) is 0 Å². The Kier molecular flexibility index (Phi) is 3.84. The molecule has 1 aromatic heterocycles. The molecule has 0 aromatic carbocycles. The van der Waals surface area contributed by atoms with E-state index in [0.29, 0.717) is 23.5 Å². The van der Waals surface area contributed by atoms with Gasteiger partial charge in [-0.1, -0.05) is 25.4 Å². The van der Waals surface area contributed by atoms with E-state index >= 15 is 0 Å². The summed E-state index contributed by atoms with van der Waals surface area (Å²) < 4.78 is 4.95. The van der Waals surface area contributed by atoms with Crippen LogP contribution in [0.2, 0.25) is 5.15 Å². The first-order valence-corrected chi connectivity index (χ1v) is 4.96. The van der Waals surface area contributed by atoms with E-state index in [1.54, 1.807) is 7.11 Å². The van der Waals surface area contributed by atoms with Crippen molar-refractivity contribution in [2.24, 2.45) is 0 Å². The minimum atomic E-state index is 0.346. The van der Waals surface area contributed by atoms with Crippen molar-refractivity contribution >= 4 is 11.6 Å². The molecule has 0 saturated heterocycles. The molecule has 3 nitrogen and oxygen atoms in total. The first-order valence-electron chi connectivity index (χ1n) is 4.58. The second-order valence-electron chi connectivity index (χ2n) is 3.52. The Hall–Kier alpha value is -0.670. The van der Waals surface area contributed by atoms with E-state index in [4.69, 9.17) is 16.3 Å². The number of aryl methyl sites for hydroxylation is 1. The van der Waals surface area contributed by atoms with E-state index in [-0.39, 0.29) is 0 Å². The molecule has 0 amide bonds. The fourth-order valence-corrected chi connectivity index (χ4v) is 1.90. The zero-order valence-electron chi connectivity index (χ0n) is 8.97. The summed E-state index contributed by atoms with van der Waals surface area (Å²) in [6.45, 7) is 6.50. The molecular formula is C10H15ClN2O. The summed E-state index contributed by atoms with van der Waals surface area (Å²) in [6.07, 6.45) is 0. The van der Waals surface area contributed by atoms with Crippen LogP contribution >= 0.6 is 11.6 Å². The van der Waals surface area contributed by atoms with Gasteiger partial charge >= 0.3 is 0 Å². The molecule has 0 unspecified atom stereocenters. The summed E-state index contributed by atoms with van der Waals surface area (Å²) in [5.41, 5.74) is 1.96. The first-order chi connectivity index (χ1) is 6.56. The van der Waals surface area contributed by atoms with Crippen molar-refractivity contribution in [1.29, 1.82) is 0 Å². The molecule has 1 aromatic rings. The molecular weight excluding hydrogens is 200 g/mol. The van der Waals surface area contributed by atoms with Crippen molar-refractivity contribution in [1.82, 2.24) is 9.97 Å². The van der Waals surface area contributed by atoms with Crippen LogP contribution in [0.3, 0.4) is 0 Å². The molecule has 0 radical (unpaired) electrons. The van der Waals surface area contributed by atoms with Gasteiger partial charge in [0.2, 0.25) is 0 Å². The van der Waals surface area contributed by atoms with E-state index in [2.05, 4.69) is 23.8 Å². The smallest absolute Gasteiger partial charge is 0.155 e. The average molecular weight is 215 g/mol. The lowest BCUT2D eigenvalue weighted by Crippen LogP contribution is -2.05. The van der Waals surface area contributed by atoms with Crippen molar-refractivity contribution in [3.05, 3.63) is 22.2 Å². The molecule has 0 saturated carbocycles. The molecule has 0 N–H and O–H groups in total. The topological polar surface area (TPSA) is 35.0 Å². The quantitative estimate of drug-likeness (QED) is 0.726. The normalized spacial score (nSPS) is 11.0. The van der Waals surface area contributed by atoms with E-state index in [0.717, 1.165) is 11.3 Å². The molecule has 0 fully saturated rings. The Morgan fingerprint density at radius 2 is 2.00 bits per heavy atom. The SMILES string of the molecule is COCc1nc(C)c(C(C)C)c(Cl)n1. The van der Waals surface area contributed by atoms with Crippen molar-refractivity contribution < 1.29 is 4.74 Å². The summed E-state index contributed by atoms with van der Waals surface area (Å²) >= 11 is 6.06. The van der Waals surface area contributed by atoms with Crippen LogP contribution < -0.4 is 0 Å². The summed E-state index contributed by atoms with van der Waals surface area (Å²) in [5, 5.41) is 0.541. The molecule has 4 heteroatoms. The molecule has 0 bridgehead atoms. The lowest BCUT2D eigenvalue weighted by molar-refractivity contribution is 0.177. The number of methoxy groups -OCH3 is 1. The molecule has 78 valence electrons. The van der Waals surface area contributed by atoms with Gasteiger partial charge in [0.05, 0.1) is 0 Å². The van der Waals surface area contributed by atoms with Gasteiger partial charge in [-0.3, -0.25) is 0 Å². The minimum absolute atomic E-state index is 0.346. The van der Waals surface area contributed by atoms with Gasteiger partial charge < -0.3 is 4.74 Å². The number of hydrogen-bond donors (Lipinski definition) is 0. The van der Waals surface area contributed by atoms with Crippen LogP contribution in [0.15, 0.2) is 0 Å². The Morgan fingerprint density at radius 1 is 1.36 bits per heavy atom. The third-order valence-electron chi connectivity index (χ3n) is 1.99. The number of hydrogen-bond acceptors (Lipinski definition) is 3. The summed E-state index contributed by atoms with van der Waals surface area (Å²) in [5.74, 6) is 0.985. The molecule has 0 aliphatic carbocycles. The summed E-state index contributed by atoms with van der Waals surface area (Å²) in [6, 6.07) is 0. The first kappa shape index (κ1) is 11.4. The van der Waals surface area contributed by atoms with Crippen LogP contribution in [0.1, 0.15) is 36.8 Å². The highest BCUT2D eigenvalue weighted by Crippen LogP contribution is 2.24. The van der Waals surface area contributed by atoms with Gasteiger partial charge in [-0.2, -0.15) is 0 Å². The largest absolute Gasteiger partial charge is 0.377 e. The lowest BCUT2D eigenvalue weighted by atomic mass is 10.0. The molecule has 0 atom stereocenters. The molecule has 0 aliphatic rings. The highest BCUT2D eigenvalue weighted by molar-refractivity contribution is 6.30. The zero-order chi connectivity index (χ0) is 10.7. The Morgan fingerprint density at radius 3 is 2.43 bits per heavy atom. The fraction of sp³-hybridized carbons (Fsp3) is 0.600. The number of halogens is 1. The standard InChI is InChI=1S/C10H15ClN2O/c1-6(2)9-7(3)12-8(5-14-4)13-10(9)11/h6H,5H2,1-4H3. The summed E-state index contributed by atoms with van der Waals surface area (Å²) in [4.78, 5) is 8.50. The fourth-order valence-electron chi connectivity index (χ4n) is 1.45. The van der Waals surface area contributed by atoms with Gasteiger partial charge in [0.15, 0.2) is 5.82 Å². The maximum absolute atomic E-state index is 6.06. The Balaban J connectivity index is 3.11. The van der Waals surface area contributed by atoms with Gasteiger partial charge in [0.1, 0.15) is 11.8 Å². The van der Waals surface area contributed by atoms with Crippen molar-refractivity contribution in [3.63, 3.8) is 0 Å². The highest BCUT2D eigenvalue weighted by atomic mass is 35.5. The molecule has 0 aliphatic heterocycles. The Labute approximate surface area is 89.5 Å². The second kappa shape index (κ2) is 4.71. The van der Waals surface area contributed by atoms with Crippen molar-refractivity contribution in [2.75, 3.05) is 7.11 Å². The van der Waals surface area contributed by atoms with Crippen LogP contribution in [0.5, 0.6) is 0 Å². The van der Waals surface area contributed by atoms with Crippen LogP contribution in [0.25, 0.3) is 0 Å². The monoisotopic (exact) mass is 214 g/mol. The van der Waals surface area contributed by atoms with Crippen LogP contribution in [-0.4, -0.2) is 17.1 Å². The van der Waals surface area contributed by atoms with E-state index in [1.807, 2.05) is 6.92 Å². The highest BCUT2D eigenvalue weighted by Gasteiger charge is 2.12. The third kappa shape index (κ3) is 2.42. The molecule has 1 rings (SSSR count). The van der Waals surface area contributed by atoms with Crippen LogP contribution in [0.4, 0.5) is 0 Å². The van der Waals surface area contributed by atoms with Crippen molar-refractivity contribution in [3.8, 4) is 0 Å². The van der Waals surface area contributed by atoms with Gasteiger partial charge in [-0.05, 0) is 12.8 Å². The molecule has 1 heterocycles. The van der Waals surface area contributed by atoms with Crippen molar-refractivity contribution in [2.45, 2.75) is 33.3 Å². The predicted molar refractivity (Wildman–Crippen MR) is 56.6 cm³/mol. The predicted octanol–water partition coefficient (Wildman–Crippen LogP) is 2.71. The molecule has 14 heavy (non-hydrogen) atoms. The second-order valence-corrected chi connectivity index (χ2v) is 3.88. The minimum Gasteiger partial charge on any atom is -0.377 e. The number of nitrogens with zero attached hydrogens (tertiary/aromatic N) is 2. The number of ether oxygens (including phenoxy) is 1. The average Bonchev–Trinajstić information content (AvgIpc) is 2.01. The third-order valence-corrected chi connectivity index (χ3v) is 2.27. The number of aromatic nitrogens is 2. The van der Waals surface area contributed by atoms with Gasteiger partial charge in [-0.15, -0.1) is 0 Å². The number of rotatable bonds is 3. The van der Waals surface area contributed by atoms with Gasteiger partial charge in [0.25, 0.3) is 0 Å². The zero-order valence-corrected chi connectivity index (χ0v) is 9.72. The van der Waals surface area contributed by atoms with Gasteiger partial charge in [0, 0.05) is 18.4 Å². The maximum atomic E-state index is 6.06. The lowest BCUT2D eigenvalue weighted by Gasteiger charge is -2.11. The van der Waals surface area contributed by atoms with Crippen LogP contribution in [0, 0.1) is 6.92 Å². The summed E-state index contributed by atoms with van der Waals surface area (Å²) in [7, 11) is 1.61. The molecule has 0 spiro atoms. The van der Waals surface area contributed by atoms with Crippen LogP contribution in [-0.2, 0) is 11.3 Å². The maximum Gasteiger partial charge on any atom is 0.155 e. The van der Waals surface area contributed by atoms with Gasteiger partial charge in [-0.25, -0.2) is 9.97 Å². The Bertz CT molecular complexity index is 303. The van der Waals surface area contributed by atoms with E-state index < -0.39 is 0 Å².